The molecule has 3 rings (SSSR count). The lowest BCUT2D eigenvalue weighted by Crippen LogP contribution is -2.26. The maximum Gasteiger partial charge on any atom is 0.273 e. The third-order valence-corrected chi connectivity index (χ3v) is 4.87. The molecule has 3 aromatic carbocycles. The first kappa shape index (κ1) is 24.5. The lowest BCUT2D eigenvalue weighted by Gasteiger charge is -2.13. The number of nitrogens with one attached hydrogen (secondary N) is 2. The smallest absolute Gasteiger partial charge is 0.273 e. The zero-order valence-corrected chi connectivity index (χ0v) is 18.9. The molecular formula is C26H26N4O4. The van der Waals surface area contributed by atoms with Crippen LogP contribution in [0.25, 0.3) is 0 Å². The molecule has 0 heterocycles. The van der Waals surface area contributed by atoms with E-state index in [2.05, 4.69) is 21.1 Å². The van der Waals surface area contributed by atoms with Crippen LogP contribution in [0.4, 0.5) is 0 Å². The highest BCUT2D eigenvalue weighted by molar-refractivity contribution is 5.87. The topological polar surface area (TPSA) is 101 Å². The number of hydrogen-bond acceptors (Lipinski definition) is 6. The van der Waals surface area contributed by atoms with Gasteiger partial charge in [0.1, 0.15) is 0 Å². The summed E-state index contributed by atoms with van der Waals surface area (Å²) in [5.41, 5.74) is 8.02. The minimum absolute atomic E-state index is 0.366. The summed E-state index contributed by atoms with van der Waals surface area (Å²) in [6, 6.07) is 25.6. The molecule has 0 saturated carbocycles. The lowest BCUT2D eigenvalue weighted by atomic mass is 10.1. The predicted molar refractivity (Wildman–Crippen MR) is 130 cm³/mol. The Labute approximate surface area is 198 Å². The van der Waals surface area contributed by atoms with Crippen LogP contribution in [-0.2, 0) is 19.1 Å². The molecule has 0 aliphatic rings. The van der Waals surface area contributed by atoms with Crippen LogP contribution in [0.1, 0.15) is 34.5 Å². The number of nitrogens with zero attached hydrogens (tertiary/aromatic N) is 2. The molecule has 0 fully saturated rings. The van der Waals surface area contributed by atoms with Crippen molar-refractivity contribution in [1.29, 1.82) is 0 Å². The van der Waals surface area contributed by atoms with Gasteiger partial charge in [-0.2, -0.15) is 10.2 Å². The molecule has 8 nitrogen and oxygen atoms in total. The number of ether oxygens (including phenoxy) is 2. The van der Waals surface area contributed by atoms with Crippen LogP contribution in [0.5, 0.6) is 0 Å². The molecule has 3 aromatic rings. The van der Waals surface area contributed by atoms with E-state index < -0.39 is 12.2 Å². The number of rotatable bonds is 10. The molecule has 0 saturated heterocycles. The first-order chi connectivity index (χ1) is 16.6. The number of hydrogen-bond donors (Lipinski definition) is 2. The van der Waals surface area contributed by atoms with E-state index >= 15 is 0 Å². The third-order valence-electron chi connectivity index (χ3n) is 4.87. The second-order valence-corrected chi connectivity index (χ2v) is 7.19. The zero-order chi connectivity index (χ0) is 24.2. The van der Waals surface area contributed by atoms with Gasteiger partial charge in [0.05, 0.1) is 12.4 Å². The summed E-state index contributed by atoms with van der Waals surface area (Å²) in [5.74, 6) is -0.733. The van der Waals surface area contributed by atoms with E-state index in [0.29, 0.717) is 0 Å². The number of methoxy groups -OCH3 is 2. The van der Waals surface area contributed by atoms with Crippen LogP contribution < -0.4 is 10.9 Å². The van der Waals surface area contributed by atoms with E-state index in [1.54, 1.807) is 0 Å². The van der Waals surface area contributed by atoms with Crippen LogP contribution >= 0.6 is 0 Å². The molecule has 2 atom stereocenters. The molecule has 2 amide bonds. The zero-order valence-electron chi connectivity index (χ0n) is 18.9. The second-order valence-electron chi connectivity index (χ2n) is 7.19. The van der Waals surface area contributed by atoms with Crippen molar-refractivity contribution >= 4 is 24.2 Å². The van der Waals surface area contributed by atoms with Crippen LogP contribution in [0.3, 0.4) is 0 Å². The highest BCUT2D eigenvalue weighted by atomic mass is 16.5. The lowest BCUT2D eigenvalue weighted by molar-refractivity contribution is -0.132. The van der Waals surface area contributed by atoms with Gasteiger partial charge in [0.15, 0.2) is 12.2 Å². The standard InChI is InChI=1S/C26H26N4O4/c1-33-23(21-9-5-3-6-10-21)25(31)29-27-17-19-13-15-20(16-14-19)18-28-30-26(32)24(34-2)22-11-7-4-8-12-22/h3-18,23-24H,1-2H3,(H,29,31)(H,30,32)/t23-,24-/m1/s1. The average molecular weight is 459 g/mol. The van der Waals surface area contributed by atoms with E-state index in [1.165, 1.54) is 26.6 Å². The normalized spacial score (nSPS) is 13.0. The third kappa shape index (κ3) is 6.93. The molecule has 0 aromatic heterocycles. The van der Waals surface area contributed by atoms with Gasteiger partial charge in [-0.25, -0.2) is 10.9 Å². The Hall–Kier alpha value is -4.14. The maximum absolute atomic E-state index is 12.3. The molecule has 0 radical (unpaired) electrons. The summed E-state index contributed by atoms with van der Waals surface area (Å²) in [7, 11) is 2.95. The molecule has 0 aliphatic carbocycles. The molecule has 0 bridgehead atoms. The van der Waals surface area contributed by atoms with Crippen molar-refractivity contribution in [2.75, 3.05) is 14.2 Å². The summed E-state index contributed by atoms with van der Waals surface area (Å²) < 4.78 is 10.6. The fourth-order valence-electron chi connectivity index (χ4n) is 3.17. The van der Waals surface area contributed by atoms with Crippen molar-refractivity contribution in [1.82, 2.24) is 10.9 Å². The number of benzene rings is 3. The molecule has 2 N–H and O–H groups in total. The highest BCUT2D eigenvalue weighted by Gasteiger charge is 2.19. The van der Waals surface area contributed by atoms with Gasteiger partial charge in [0, 0.05) is 14.2 Å². The fraction of sp³-hybridized carbons (Fsp3) is 0.154. The van der Waals surface area contributed by atoms with Crippen molar-refractivity contribution in [2.24, 2.45) is 10.2 Å². The summed E-state index contributed by atoms with van der Waals surface area (Å²) in [6.07, 6.45) is 1.57. The van der Waals surface area contributed by atoms with Crippen LogP contribution in [0.2, 0.25) is 0 Å². The first-order valence-electron chi connectivity index (χ1n) is 10.5. The molecule has 174 valence electrons. The first-order valence-corrected chi connectivity index (χ1v) is 10.5. The van der Waals surface area contributed by atoms with Crippen molar-refractivity contribution in [3.8, 4) is 0 Å². The largest absolute Gasteiger partial charge is 0.367 e. The van der Waals surface area contributed by atoms with Gasteiger partial charge in [-0.1, -0.05) is 84.9 Å². The minimum Gasteiger partial charge on any atom is -0.367 e. The number of carbonyl (C=O) groups excluding carboxylic acids is 2. The van der Waals surface area contributed by atoms with Crippen molar-refractivity contribution in [3.63, 3.8) is 0 Å². The molecule has 0 aliphatic heterocycles. The summed E-state index contributed by atoms with van der Waals surface area (Å²) in [6.45, 7) is 0. The molecule has 0 unspecified atom stereocenters. The van der Waals surface area contributed by atoms with Crippen LogP contribution in [-0.4, -0.2) is 38.5 Å². The quantitative estimate of drug-likeness (QED) is 0.359. The Morgan fingerprint density at radius 3 is 1.32 bits per heavy atom. The Morgan fingerprint density at radius 2 is 1.00 bits per heavy atom. The Kier molecular flexibility index (Phi) is 9.21. The summed E-state index contributed by atoms with van der Waals surface area (Å²) in [5, 5.41) is 8.00. The van der Waals surface area contributed by atoms with E-state index in [9.17, 15) is 9.59 Å². The van der Waals surface area contributed by atoms with Gasteiger partial charge >= 0.3 is 0 Å². The van der Waals surface area contributed by atoms with Gasteiger partial charge in [0.25, 0.3) is 11.8 Å². The number of carbonyl (C=O) groups is 2. The second kappa shape index (κ2) is 12.8. The summed E-state index contributed by atoms with van der Waals surface area (Å²) >= 11 is 0. The highest BCUT2D eigenvalue weighted by Crippen LogP contribution is 2.17. The van der Waals surface area contributed by atoms with E-state index in [-0.39, 0.29) is 11.8 Å². The van der Waals surface area contributed by atoms with E-state index in [4.69, 9.17) is 9.47 Å². The van der Waals surface area contributed by atoms with Gasteiger partial charge in [-0.3, -0.25) is 9.59 Å². The minimum atomic E-state index is -0.744. The van der Waals surface area contributed by atoms with Gasteiger partial charge in [-0.05, 0) is 22.3 Å². The van der Waals surface area contributed by atoms with E-state index in [1.807, 2.05) is 84.9 Å². The number of amides is 2. The Morgan fingerprint density at radius 1 is 0.647 bits per heavy atom. The fourth-order valence-corrected chi connectivity index (χ4v) is 3.17. The average Bonchev–Trinajstić information content (AvgIpc) is 2.87. The van der Waals surface area contributed by atoms with E-state index in [0.717, 1.165) is 22.3 Å². The Balaban J connectivity index is 1.51. The maximum atomic E-state index is 12.3. The van der Waals surface area contributed by atoms with Crippen molar-refractivity contribution < 1.29 is 19.1 Å². The molecular weight excluding hydrogens is 432 g/mol. The van der Waals surface area contributed by atoms with Crippen molar-refractivity contribution in [2.45, 2.75) is 12.2 Å². The Bertz CT molecular complexity index is 1030. The van der Waals surface area contributed by atoms with Gasteiger partial charge in [-0.15, -0.1) is 0 Å². The number of hydrazone groups is 2. The van der Waals surface area contributed by atoms with Crippen LogP contribution in [0.15, 0.2) is 95.1 Å². The molecule has 34 heavy (non-hydrogen) atoms. The molecule has 0 spiro atoms. The van der Waals surface area contributed by atoms with Gasteiger partial charge < -0.3 is 9.47 Å². The predicted octanol–water partition coefficient (Wildman–Crippen LogP) is 3.36. The van der Waals surface area contributed by atoms with Crippen molar-refractivity contribution in [3.05, 3.63) is 107 Å². The van der Waals surface area contributed by atoms with Gasteiger partial charge in [0.2, 0.25) is 0 Å². The monoisotopic (exact) mass is 458 g/mol. The summed E-state index contributed by atoms with van der Waals surface area (Å²) in [4.78, 5) is 24.7. The SMILES string of the molecule is CO[C@@H](C(=O)NN=Cc1ccc(C=NNC(=O)[C@H](OC)c2ccccc2)cc1)c1ccccc1. The van der Waals surface area contributed by atoms with Crippen LogP contribution in [0, 0.1) is 0 Å². The molecule has 8 heteroatoms.